The molecule has 1 aromatic rings. The third-order valence-corrected chi connectivity index (χ3v) is 3.90. The lowest BCUT2D eigenvalue weighted by Crippen LogP contribution is -2.46. The fourth-order valence-corrected chi connectivity index (χ4v) is 2.95. The summed E-state index contributed by atoms with van der Waals surface area (Å²) in [4.78, 5) is 2.50. The molecule has 0 amide bonds. The summed E-state index contributed by atoms with van der Waals surface area (Å²) in [6.45, 7) is 7.90. The van der Waals surface area contributed by atoms with Crippen molar-refractivity contribution in [3.63, 3.8) is 0 Å². The Morgan fingerprint density at radius 3 is 2.81 bits per heavy atom. The van der Waals surface area contributed by atoms with E-state index in [0.717, 1.165) is 19.6 Å². The molecule has 1 aliphatic rings. The van der Waals surface area contributed by atoms with Gasteiger partial charge >= 0.3 is 0 Å². The number of para-hydroxylation sites is 1. The summed E-state index contributed by atoms with van der Waals surface area (Å²) in [6, 6.07) is 8.64. The first kappa shape index (κ1) is 12.2. The van der Waals surface area contributed by atoms with Gasteiger partial charge in [0.15, 0.2) is 0 Å². The summed E-state index contributed by atoms with van der Waals surface area (Å²) < 4.78 is 1.35. The molecule has 0 aliphatic carbocycles. The number of anilines is 1. The lowest BCUT2D eigenvalue weighted by molar-refractivity contribution is 0.416. The predicted molar refractivity (Wildman–Crippen MR) is 78.1 cm³/mol. The van der Waals surface area contributed by atoms with Crippen LogP contribution in [-0.4, -0.2) is 25.2 Å². The molecule has 1 N–H and O–H groups in total. The van der Waals surface area contributed by atoms with Crippen molar-refractivity contribution >= 4 is 28.3 Å². The standard InChI is InChI=1S/C13H19IN2/c1-13(2)10-16(9-5-8-15-13)12-7-4-3-6-11(12)14/h3-4,6-7,15H,5,8-10H2,1-2H3. The number of halogens is 1. The van der Waals surface area contributed by atoms with Crippen molar-refractivity contribution < 1.29 is 0 Å². The molecule has 1 aliphatic heterocycles. The first-order valence-electron chi connectivity index (χ1n) is 5.83. The largest absolute Gasteiger partial charge is 0.369 e. The average Bonchev–Trinajstić information content (AvgIpc) is 2.40. The molecule has 88 valence electrons. The molecule has 0 radical (unpaired) electrons. The van der Waals surface area contributed by atoms with Crippen LogP contribution in [-0.2, 0) is 0 Å². The van der Waals surface area contributed by atoms with Crippen LogP contribution in [0.2, 0.25) is 0 Å². The maximum Gasteiger partial charge on any atom is 0.0502 e. The van der Waals surface area contributed by atoms with Crippen LogP contribution in [0.25, 0.3) is 0 Å². The number of nitrogens with zero attached hydrogens (tertiary/aromatic N) is 1. The van der Waals surface area contributed by atoms with Gasteiger partial charge in [-0.25, -0.2) is 0 Å². The van der Waals surface area contributed by atoms with Crippen LogP contribution in [0.5, 0.6) is 0 Å². The molecule has 0 spiro atoms. The Bertz CT molecular complexity index is 363. The molecule has 16 heavy (non-hydrogen) atoms. The molecular weight excluding hydrogens is 311 g/mol. The molecule has 1 saturated heterocycles. The molecule has 0 atom stereocenters. The van der Waals surface area contributed by atoms with E-state index in [4.69, 9.17) is 0 Å². The average molecular weight is 330 g/mol. The first-order valence-corrected chi connectivity index (χ1v) is 6.91. The van der Waals surface area contributed by atoms with Crippen molar-refractivity contribution in [3.05, 3.63) is 27.8 Å². The summed E-state index contributed by atoms with van der Waals surface area (Å²) in [7, 11) is 0. The van der Waals surface area contributed by atoms with Gasteiger partial charge in [-0.1, -0.05) is 12.1 Å². The van der Waals surface area contributed by atoms with Crippen LogP contribution in [0.3, 0.4) is 0 Å². The number of rotatable bonds is 1. The van der Waals surface area contributed by atoms with E-state index in [1.165, 1.54) is 15.7 Å². The van der Waals surface area contributed by atoms with Gasteiger partial charge in [-0.05, 0) is 61.5 Å². The molecule has 0 aromatic heterocycles. The normalized spacial score (nSPS) is 20.6. The Balaban J connectivity index is 2.23. The molecule has 0 saturated carbocycles. The van der Waals surface area contributed by atoms with Gasteiger partial charge in [-0.3, -0.25) is 0 Å². The molecule has 0 unspecified atom stereocenters. The fraction of sp³-hybridized carbons (Fsp3) is 0.538. The molecule has 3 heteroatoms. The zero-order valence-electron chi connectivity index (χ0n) is 9.96. The minimum Gasteiger partial charge on any atom is -0.369 e. The summed E-state index contributed by atoms with van der Waals surface area (Å²) in [5, 5.41) is 3.60. The maximum absolute atomic E-state index is 3.60. The molecule has 2 nitrogen and oxygen atoms in total. The lowest BCUT2D eigenvalue weighted by atomic mass is 10.1. The molecule has 1 heterocycles. The van der Waals surface area contributed by atoms with E-state index in [0.29, 0.717) is 0 Å². The van der Waals surface area contributed by atoms with Crippen LogP contribution in [0, 0.1) is 3.57 Å². The van der Waals surface area contributed by atoms with E-state index in [9.17, 15) is 0 Å². The van der Waals surface area contributed by atoms with Crippen molar-refractivity contribution in [1.82, 2.24) is 5.32 Å². The molecule has 2 rings (SSSR count). The van der Waals surface area contributed by atoms with Crippen molar-refractivity contribution in [2.45, 2.75) is 25.8 Å². The molecule has 1 fully saturated rings. The Morgan fingerprint density at radius 1 is 1.31 bits per heavy atom. The van der Waals surface area contributed by atoms with Crippen LogP contribution < -0.4 is 10.2 Å². The highest BCUT2D eigenvalue weighted by molar-refractivity contribution is 14.1. The number of benzene rings is 1. The van der Waals surface area contributed by atoms with E-state index in [1.54, 1.807) is 0 Å². The highest BCUT2D eigenvalue weighted by Crippen LogP contribution is 2.25. The second-order valence-corrected chi connectivity index (χ2v) is 6.20. The van der Waals surface area contributed by atoms with E-state index in [-0.39, 0.29) is 5.54 Å². The highest BCUT2D eigenvalue weighted by Gasteiger charge is 2.24. The van der Waals surface area contributed by atoms with E-state index < -0.39 is 0 Å². The number of hydrogen-bond donors (Lipinski definition) is 1. The quantitative estimate of drug-likeness (QED) is 0.797. The third kappa shape index (κ3) is 2.88. The van der Waals surface area contributed by atoms with Crippen molar-refractivity contribution in [2.24, 2.45) is 0 Å². The monoisotopic (exact) mass is 330 g/mol. The highest BCUT2D eigenvalue weighted by atomic mass is 127. The number of nitrogens with one attached hydrogen (secondary N) is 1. The van der Waals surface area contributed by atoms with Gasteiger partial charge in [-0.15, -0.1) is 0 Å². The number of hydrogen-bond acceptors (Lipinski definition) is 2. The Morgan fingerprint density at radius 2 is 2.06 bits per heavy atom. The topological polar surface area (TPSA) is 15.3 Å². The molecular formula is C13H19IN2. The SMILES string of the molecule is CC1(C)CN(c2ccccc2I)CCCN1. The Kier molecular flexibility index (Phi) is 3.74. The minimum absolute atomic E-state index is 0.204. The summed E-state index contributed by atoms with van der Waals surface area (Å²) in [5.41, 5.74) is 1.58. The van der Waals surface area contributed by atoms with Crippen molar-refractivity contribution in [2.75, 3.05) is 24.5 Å². The summed E-state index contributed by atoms with van der Waals surface area (Å²) in [6.07, 6.45) is 1.22. The van der Waals surface area contributed by atoms with E-state index >= 15 is 0 Å². The third-order valence-electron chi connectivity index (χ3n) is 2.99. The minimum atomic E-state index is 0.204. The first-order chi connectivity index (χ1) is 7.58. The smallest absolute Gasteiger partial charge is 0.0502 e. The van der Waals surface area contributed by atoms with Gasteiger partial charge in [0.2, 0.25) is 0 Å². The maximum atomic E-state index is 3.60. The van der Waals surface area contributed by atoms with Gasteiger partial charge in [0, 0.05) is 22.2 Å². The lowest BCUT2D eigenvalue weighted by Gasteiger charge is -2.32. The predicted octanol–water partition coefficient (Wildman–Crippen LogP) is 2.87. The van der Waals surface area contributed by atoms with Crippen LogP contribution >= 0.6 is 22.6 Å². The van der Waals surface area contributed by atoms with Crippen molar-refractivity contribution in [3.8, 4) is 0 Å². The zero-order valence-corrected chi connectivity index (χ0v) is 12.1. The van der Waals surface area contributed by atoms with Crippen molar-refractivity contribution in [1.29, 1.82) is 0 Å². The molecule has 1 aromatic carbocycles. The van der Waals surface area contributed by atoms with Gasteiger partial charge < -0.3 is 10.2 Å². The van der Waals surface area contributed by atoms with E-state index in [2.05, 4.69) is 70.9 Å². The molecule has 0 bridgehead atoms. The summed E-state index contributed by atoms with van der Waals surface area (Å²) >= 11 is 2.43. The van der Waals surface area contributed by atoms with Gasteiger partial charge in [0.05, 0.1) is 5.69 Å². The van der Waals surface area contributed by atoms with Crippen LogP contribution in [0.1, 0.15) is 20.3 Å². The van der Waals surface area contributed by atoms with E-state index in [1.807, 2.05) is 0 Å². The Hall–Kier alpha value is -0.290. The van der Waals surface area contributed by atoms with Crippen LogP contribution in [0.15, 0.2) is 24.3 Å². The fourth-order valence-electron chi connectivity index (χ4n) is 2.22. The van der Waals surface area contributed by atoms with Gasteiger partial charge in [0.1, 0.15) is 0 Å². The second kappa shape index (κ2) is 4.92. The zero-order chi connectivity index (χ0) is 11.6. The van der Waals surface area contributed by atoms with Gasteiger partial charge in [-0.2, -0.15) is 0 Å². The Labute approximate surface area is 112 Å². The van der Waals surface area contributed by atoms with Crippen LogP contribution in [0.4, 0.5) is 5.69 Å². The van der Waals surface area contributed by atoms with Gasteiger partial charge in [0.25, 0.3) is 0 Å². The summed E-state index contributed by atoms with van der Waals surface area (Å²) in [5.74, 6) is 0. The second-order valence-electron chi connectivity index (χ2n) is 5.04.